The predicted octanol–water partition coefficient (Wildman–Crippen LogP) is 1.15. The number of carbonyl (C=O) groups excluding carboxylic acids is 2. The summed E-state index contributed by atoms with van der Waals surface area (Å²) in [4.78, 5) is 23.4. The van der Waals surface area contributed by atoms with Crippen molar-refractivity contribution in [1.82, 2.24) is 15.4 Å². The van der Waals surface area contributed by atoms with Gasteiger partial charge in [0.2, 0.25) is 5.91 Å². The SMILES string of the molecule is COc1ccc(C)c(S(=O)(=O)NC(=O)NCCNC(=O)C(C)(C)C)c1. The normalized spacial score (nSPS) is 11.6. The first-order valence-electron chi connectivity index (χ1n) is 7.71. The van der Waals surface area contributed by atoms with Gasteiger partial charge in [-0.25, -0.2) is 17.9 Å². The molecule has 0 bridgehead atoms. The number of benzene rings is 1. The van der Waals surface area contributed by atoms with Crippen LogP contribution in [0.5, 0.6) is 5.75 Å². The van der Waals surface area contributed by atoms with Crippen LogP contribution in [0.25, 0.3) is 0 Å². The summed E-state index contributed by atoms with van der Waals surface area (Å²) in [6, 6.07) is 3.70. The summed E-state index contributed by atoms with van der Waals surface area (Å²) in [5.74, 6) is 0.214. The molecule has 1 aromatic carbocycles. The van der Waals surface area contributed by atoms with E-state index in [-0.39, 0.29) is 23.9 Å². The Morgan fingerprint density at radius 1 is 1.12 bits per heavy atom. The van der Waals surface area contributed by atoms with Gasteiger partial charge in [-0.3, -0.25) is 4.79 Å². The quantitative estimate of drug-likeness (QED) is 0.649. The molecular formula is C16H25N3O5S. The largest absolute Gasteiger partial charge is 0.497 e. The van der Waals surface area contributed by atoms with Crippen molar-refractivity contribution in [2.24, 2.45) is 5.41 Å². The van der Waals surface area contributed by atoms with Gasteiger partial charge in [0.1, 0.15) is 5.75 Å². The van der Waals surface area contributed by atoms with Crippen LogP contribution in [0, 0.1) is 12.3 Å². The van der Waals surface area contributed by atoms with Gasteiger partial charge in [-0.15, -0.1) is 0 Å². The fourth-order valence-corrected chi connectivity index (χ4v) is 3.02. The molecule has 25 heavy (non-hydrogen) atoms. The number of hydrogen-bond donors (Lipinski definition) is 3. The molecule has 1 aromatic rings. The fourth-order valence-electron chi connectivity index (χ4n) is 1.83. The topological polar surface area (TPSA) is 114 Å². The molecule has 3 amide bonds. The summed E-state index contributed by atoms with van der Waals surface area (Å²) in [5.41, 5.74) is -0.0475. The van der Waals surface area contributed by atoms with Crippen LogP contribution in [0.4, 0.5) is 4.79 Å². The molecule has 0 aliphatic carbocycles. The zero-order valence-electron chi connectivity index (χ0n) is 15.1. The Morgan fingerprint density at radius 3 is 2.28 bits per heavy atom. The smallest absolute Gasteiger partial charge is 0.328 e. The van der Waals surface area contributed by atoms with Crippen molar-refractivity contribution in [3.8, 4) is 5.75 Å². The molecule has 8 nitrogen and oxygen atoms in total. The van der Waals surface area contributed by atoms with Gasteiger partial charge in [0.15, 0.2) is 0 Å². The van der Waals surface area contributed by atoms with E-state index in [1.54, 1.807) is 39.8 Å². The highest BCUT2D eigenvalue weighted by Crippen LogP contribution is 2.21. The van der Waals surface area contributed by atoms with Crippen molar-refractivity contribution in [2.45, 2.75) is 32.6 Å². The lowest BCUT2D eigenvalue weighted by atomic mass is 9.96. The number of sulfonamides is 1. The first-order chi connectivity index (χ1) is 11.5. The van der Waals surface area contributed by atoms with E-state index < -0.39 is 21.5 Å². The molecule has 0 unspecified atom stereocenters. The zero-order valence-corrected chi connectivity index (χ0v) is 15.9. The molecule has 1 rings (SSSR count). The number of aryl methyl sites for hydroxylation is 1. The lowest BCUT2D eigenvalue weighted by molar-refractivity contribution is -0.128. The van der Waals surface area contributed by atoms with E-state index in [1.807, 2.05) is 4.72 Å². The molecule has 0 aliphatic heterocycles. The second-order valence-corrected chi connectivity index (χ2v) is 8.15. The third-order valence-electron chi connectivity index (χ3n) is 3.29. The van der Waals surface area contributed by atoms with Crippen LogP contribution in [0.3, 0.4) is 0 Å². The number of rotatable bonds is 6. The average molecular weight is 371 g/mol. The van der Waals surface area contributed by atoms with Crippen LogP contribution in [0.15, 0.2) is 23.1 Å². The van der Waals surface area contributed by atoms with Gasteiger partial charge < -0.3 is 15.4 Å². The van der Waals surface area contributed by atoms with Crippen molar-refractivity contribution in [1.29, 1.82) is 0 Å². The monoisotopic (exact) mass is 371 g/mol. The van der Waals surface area contributed by atoms with Gasteiger partial charge in [-0.05, 0) is 18.6 Å². The minimum atomic E-state index is -4.03. The number of nitrogens with one attached hydrogen (secondary N) is 3. The number of amides is 3. The Kier molecular flexibility index (Phi) is 6.80. The fraction of sp³-hybridized carbons (Fsp3) is 0.500. The molecule has 0 heterocycles. The first-order valence-corrected chi connectivity index (χ1v) is 9.19. The molecule has 3 N–H and O–H groups in total. The molecule has 0 saturated heterocycles. The van der Waals surface area contributed by atoms with Crippen molar-refractivity contribution < 1.29 is 22.7 Å². The van der Waals surface area contributed by atoms with E-state index in [2.05, 4.69) is 10.6 Å². The maximum atomic E-state index is 12.3. The molecule has 0 spiro atoms. The van der Waals surface area contributed by atoms with Crippen LogP contribution in [0.2, 0.25) is 0 Å². The van der Waals surface area contributed by atoms with Crippen LogP contribution >= 0.6 is 0 Å². The number of carbonyl (C=O) groups is 2. The molecule has 0 aromatic heterocycles. The summed E-state index contributed by atoms with van der Waals surface area (Å²) in [7, 11) is -2.61. The lowest BCUT2D eigenvalue weighted by Crippen LogP contribution is -2.44. The van der Waals surface area contributed by atoms with Gasteiger partial charge in [0.25, 0.3) is 10.0 Å². The van der Waals surface area contributed by atoms with Gasteiger partial charge >= 0.3 is 6.03 Å². The molecule has 9 heteroatoms. The van der Waals surface area contributed by atoms with E-state index in [0.29, 0.717) is 11.3 Å². The third kappa shape index (κ3) is 6.26. The van der Waals surface area contributed by atoms with Crippen LogP contribution in [-0.2, 0) is 14.8 Å². The van der Waals surface area contributed by atoms with Gasteiger partial charge in [0, 0.05) is 24.6 Å². The second-order valence-electron chi connectivity index (χ2n) is 6.50. The first kappa shape index (κ1) is 20.8. The van der Waals surface area contributed by atoms with Crippen molar-refractivity contribution in [3.63, 3.8) is 0 Å². The van der Waals surface area contributed by atoms with E-state index in [9.17, 15) is 18.0 Å². The molecule has 140 valence electrons. The van der Waals surface area contributed by atoms with E-state index >= 15 is 0 Å². The molecule has 0 saturated carbocycles. The lowest BCUT2D eigenvalue weighted by Gasteiger charge is -2.17. The zero-order chi connectivity index (χ0) is 19.3. The van der Waals surface area contributed by atoms with Crippen molar-refractivity contribution in [2.75, 3.05) is 20.2 Å². The van der Waals surface area contributed by atoms with Gasteiger partial charge in [0.05, 0.1) is 12.0 Å². The predicted molar refractivity (Wildman–Crippen MR) is 93.9 cm³/mol. The van der Waals surface area contributed by atoms with Crippen molar-refractivity contribution >= 4 is 22.0 Å². The highest BCUT2D eigenvalue weighted by Gasteiger charge is 2.22. The summed E-state index contributed by atoms with van der Waals surface area (Å²) < 4.78 is 31.6. The Labute approximate surface area is 148 Å². The molecule has 0 fully saturated rings. The number of hydrogen-bond acceptors (Lipinski definition) is 5. The summed E-state index contributed by atoms with van der Waals surface area (Å²) in [5, 5.41) is 5.04. The Balaban J connectivity index is 2.60. The second kappa shape index (κ2) is 8.19. The number of methoxy groups -OCH3 is 1. The maximum Gasteiger partial charge on any atom is 0.328 e. The Bertz CT molecular complexity index is 739. The molecule has 0 radical (unpaired) electrons. The standard InChI is InChI=1S/C16H25N3O5S/c1-11-6-7-12(24-5)10-13(11)25(22,23)19-15(21)18-9-8-17-14(20)16(2,3)4/h6-7,10H,8-9H2,1-5H3,(H,17,20)(H2,18,19,21). The summed E-state index contributed by atoms with van der Waals surface area (Å²) in [6.45, 7) is 7.22. The summed E-state index contributed by atoms with van der Waals surface area (Å²) in [6.07, 6.45) is 0. The highest BCUT2D eigenvalue weighted by atomic mass is 32.2. The average Bonchev–Trinajstić information content (AvgIpc) is 2.50. The minimum Gasteiger partial charge on any atom is -0.497 e. The summed E-state index contributed by atoms with van der Waals surface area (Å²) >= 11 is 0. The van der Waals surface area contributed by atoms with Gasteiger partial charge in [-0.1, -0.05) is 26.8 Å². The molecule has 0 aliphatic rings. The molecule has 0 atom stereocenters. The van der Waals surface area contributed by atoms with Gasteiger partial charge in [-0.2, -0.15) is 0 Å². The highest BCUT2D eigenvalue weighted by molar-refractivity contribution is 7.90. The Morgan fingerprint density at radius 2 is 1.72 bits per heavy atom. The molecular weight excluding hydrogens is 346 g/mol. The number of ether oxygens (including phenoxy) is 1. The van der Waals surface area contributed by atoms with E-state index in [1.165, 1.54) is 13.2 Å². The van der Waals surface area contributed by atoms with Crippen LogP contribution in [-0.4, -0.2) is 40.6 Å². The van der Waals surface area contributed by atoms with Crippen molar-refractivity contribution in [3.05, 3.63) is 23.8 Å². The van der Waals surface area contributed by atoms with E-state index in [4.69, 9.17) is 4.74 Å². The van der Waals surface area contributed by atoms with Crippen LogP contribution < -0.4 is 20.1 Å². The Hall–Kier alpha value is -2.29. The number of urea groups is 1. The maximum absolute atomic E-state index is 12.3. The van der Waals surface area contributed by atoms with E-state index in [0.717, 1.165) is 0 Å². The van der Waals surface area contributed by atoms with Crippen LogP contribution in [0.1, 0.15) is 26.3 Å². The third-order valence-corrected chi connectivity index (χ3v) is 4.76. The minimum absolute atomic E-state index is 0.0389.